The molecule has 1 spiro atoms. The molecule has 2 aromatic rings. The number of hydrogen-bond donors (Lipinski definition) is 2. The number of fused-ring (bicyclic) bond motifs is 4. The largest absolute Gasteiger partial charge is 0.416 e. The topological polar surface area (TPSA) is 71.8 Å². The summed E-state index contributed by atoms with van der Waals surface area (Å²) in [4.78, 5) is 4.83. The van der Waals surface area contributed by atoms with E-state index in [9.17, 15) is 23.4 Å². The van der Waals surface area contributed by atoms with Gasteiger partial charge in [0.1, 0.15) is 18.0 Å². The van der Waals surface area contributed by atoms with Crippen molar-refractivity contribution in [3.63, 3.8) is 0 Å². The number of pyridine rings is 1. The molecule has 3 aliphatic rings. The van der Waals surface area contributed by atoms with Gasteiger partial charge in [-0.15, -0.1) is 0 Å². The second kappa shape index (κ2) is 8.48. The van der Waals surface area contributed by atoms with E-state index in [2.05, 4.69) is 0 Å². The smallest absolute Gasteiger partial charge is 0.388 e. The molecule has 0 bridgehead atoms. The normalized spacial score (nSPS) is 26.8. The van der Waals surface area contributed by atoms with E-state index >= 15 is 4.39 Å². The van der Waals surface area contributed by atoms with E-state index < -0.39 is 46.9 Å². The first-order chi connectivity index (χ1) is 16.8. The van der Waals surface area contributed by atoms with Crippen LogP contribution in [0.5, 0.6) is 0 Å². The van der Waals surface area contributed by atoms with Crippen molar-refractivity contribution in [2.24, 2.45) is 5.41 Å². The Morgan fingerprint density at radius 2 is 1.75 bits per heavy atom. The number of aromatic nitrogens is 1. The fourth-order valence-corrected chi connectivity index (χ4v) is 6.02. The molecule has 1 aromatic heterocycles. The fraction of sp³-hybridized carbons (Fsp3) is 0.593. The molecule has 3 heterocycles. The molecule has 0 unspecified atom stereocenters. The van der Waals surface area contributed by atoms with E-state index in [-0.39, 0.29) is 11.5 Å². The summed E-state index contributed by atoms with van der Waals surface area (Å²) >= 11 is 0. The van der Waals surface area contributed by atoms with Gasteiger partial charge in [-0.2, -0.15) is 13.2 Å². The van der Waals surface area contributed by atoms with Crippen LogP contribution in [-0.4, -0.2) is 28.4 Å². The van der Waals surface area contributed by atoms with Gasteiger partial charge in [-0.25, -0.2) is 4.39 Å². The van der Waals surface area contributed by atoms with Crippen molar-refractivity contribution in [3.05, 3.63) is 63.2 Å². The van der Waals surface area contributed by atoms with Crippen LogP contribution in [0, 0.1) is 11.2 Å². The molecule has 1 saturated heterocycles. The standard InChI is InChI=1S/C27H31F4NO4/c1-13(2)21-19-20(18-17(33)12-25(3,4)24(34)22(18)32-21)26(7-9-35-10-8-26)36-23(19)15-6-5-14(11-16(15)28)27(29,30)31/h5-6,11,13,17,23-24,33-34H,7-10,12H2,1-4H3/t17-,23+,24-/m0/s1. The van der Waals surface area contributed by atoms with Crippen LogP contribution in [0.15, 0.2) is 18.2 Å². The van der Waals surface area contributed by atoms with E-state index in [4.69, 9.17) is 14.5 Å². The van der Waals surface area contributed by atoms with E-state index in [0.29, 0.717) is 66.6 Å². The van der Waals surface area contributed by atoms with Gasteiger partial charge < -0.3 is 19.7 Å². The molecular weight excluding hydrogens is 478 g/mol. The maximum atomic E-state index is 15.3. The van der Waals surface area contributed by atoms with Crippen molar-refractivity contribution < 1.29 is 37.2 Å². The molecule has 2 aliphatic heterocycles. The third-order valence-corrected chi connectivity index (χ3v) is 7.90. The maximum Gasteiger partial charge on any atom is 0.416 e. The summed E-state index contributed by atoms with van der Waals surface area (Å²) in [5, 5.41) is 22.6. The van der Waals surface area contributed by atoms with Crippen molar-refractivity contribution in [3.8, 4) is 0 Å². The van der Waals surface area contributed by atoms with Gasteiger partial charge >= 0.3 is 6.18 Å². The number of aliphatic hydroxyl groups is 2. The highest BCUT2D eigenvalue weighted by Crippen LogP contribution is 2.59. The Hall–Kier alpha value is -2.07. The quantitative estimate of drug-likeness (QED) is 0.487. The van der Waals surface area contributed by atoms with Crippen molar-refractivity contribution in [2.75, 3.05) is 13.2 Å². The summed E-state index contributed by atoms with van der Waals surface area (Å²) in [5.41, 5.74) is 0.0947. The van der Waals surface area contributed by atoms with Crippen LogP contribution in [0.25, 0.3) is 0 Å². The fourth-order valence-electron chi connectivity index (χ4n) is 6.02. The number of benzene rings is 1. The van der Waals surface area contributed by atoms with Gasteiger partial charge in [0, 0.05) is 48.4 Å². The van der Waals surface area contributed by atoms with Crippen LogP contribution >= 0.6 is 0 Å². The molecule has 2 N–H and O–H groups in total. The van der Waals surface area contributed by atoms with Crippen LogP contribution in [0.3, 0.4) is 0 Å². The number of hydrogen-bond acceptors (Lipinski definition) is 5. The Labute approximate surface area is 207 Å². The lowest BCUT2D eigenvalue weighted by Crippen LogP contribution is -2.38. The van der Waals surface area contributed by atoms with Crippen LogP contribution in [0.2, 0.25) is 0 Å². The minimum absolute atomic E-state index is 0.0116. The van der Waals surface area contributed by atoms with Gasteiger partial charge in [0.05, 0.1) is 23.0 Å². The molecule has 5 nitrogen and oxygen atoms in total. The van der Waals surface area contributed by atoms with E-state index in [1.165, 1.54) is 0 Å². The number of halogens is 4. The average molecular weight is 510 g/mol. The summed E-state index contributed by atoms with van der Waals surface area (Å²) in [7, 11) is 0. The van der Waals surface area contributed by atoms with Gasteiger partial charge in [-0.05, 0) is 35.4 Å². The second-order valence-corrected chi connectivity index (χ2v) is 11.2. The molecule has 196 valence electrons. The predicted octanol–water partition coefficient (Wildman–Crippen LogP) is 5.98. The predicted molar refractivity (Wildman–Crippen MR) is 123 cm³/mol. The van der Waals surface area contributed by atoms with Crippen molar-refractivity contribution in [2.45, 2.75) is 83.0 Å². The highest BCUT2D eigenvalue weighted by molar-refractivity contribution is 5.55. The minimum atomic E-state index is -4.67. The maximum absolute atomic E-state index is 15.3. The minimum Gasteiger partial charge on any atom is -0.388 e. The lowest BCUT2D eigenvalue weighted by atomic mass is 9.68. The van der Waals surface area contributed by atoms with Crippen molar-refractivity contribution in [1.29, 1.82) is 0 Å². The highest BCUT2D eigenvalue weighted by atomic mass is 19.4. The molecule has 1 aliphatic carbocycles. The number of ether oxygens (including phenoxy) is 2. The zero-order chi connectivity index (χ0) is 26.2. The van der Waals surface area contributed by atoms with Crippen LogP contribution in [0.1, 0.15) is 110 Å². The second-order valence-electron chi connectivity index (χ2n) is 11.2. The van der Waals surface area contributed by atoms with Crippen molar-refractivity contribution >= 4 is 0 Å². The van der Waals surface area contributed by atoms with Gasteiger partial charge in [0.25, 0.3) is 0 Å². The number of rotatable bonds is 2. The summed E-state index contributed by atoms with van der Waals surface area (Å²) in [6, 6.07) is 2.48. The monoisotopic (exact) mass is 509 g/mol. The van der Waals surface area contributed by atoms with E-state index in [0.717, 1.165) is 12.1 Å². The Kier molecular flexibility index (Phi) is 6.02. The molecule has 0 radical (unpaired) electrons. The Balaban J connectivity index is 1.79. The third-order valence-electron chi connectivity index (χ3n) is 7.90. The Morgan fingerprint density at radius 3 is 2.33 bits per heavy atom. The zero-order valence-corrected chi connectivity index (χ0v) is 20.7. The van der Waals surface area contributed by atoms with Gasteiger partial charge in [-0.3, -0.25) is 4.98 Å². The summed E-state index contributed by atoms with van der Waals surface area (Å²) in [6.07, 6.45) is -6.39. The molecule has 1 fully saturated rings. The molecular formula is C27H31F4NO4. The number of nitrogens with zero attached hydrogens (tertiary/aromatic N) is 1. The molecule has 36 heavy (non-hydrogen) atoms. The Bertz CT molecular complexity index is 1190. The molecule has 3 atom stereocenters. The van der Waals surface area contributed by atoms with Gasteiger partial charge in [0.15, 0.2) is 0 Å². The summed E-state index contributed by atoms with van der Waals surface area (Å²) < 4.78 is 67.2. The first kappa shape index (κ1) is 25.6. The first-order valence-electron chi connectivity index (χ1n) is 12.3. The van der Waals surface area contributed by atoms with Gasteiger partial charge in [0.2, 0.25) is 0 Å². The molecule has 5 rings (SSSR count). The van der Waals surface area contributed by atoms with Gasteiger partial charge in [-0.1, -0.05) is 33.8 Å². The van der Waals surface area contributed by atoms with Crippen LogP contribution in [-0.2, 0) is 21.3 Å². The lowest BCUT2D eigenvalue weighted by molar-refractivity contribution is -0.138. The SMILES string of the molecule is CC(C)c1nc2c(c3c1[C@@H](c1ccc(C(F)(F)F)cc1F)OC31CCOCC1)[C@@H](O)CC(C)(C)[C@H]2O. The van der Waals surface area contributed by atoms with Crippen LogP contribution in [0.4, 0.5) is 17.6 Å². The molecule has 0 saturated carbocycles. The van der Waals surface area contributed by atoms with E-state index in [1.54, 1.807) is 0 Å². The number of alkyl halides is 3. The summed E-state index contributed by atoms with van der Waals surface area (Å²) in [6.45, 7) is 8.32. The van der Waals surface area contributed by atoms with E-state index in [1.807, 2.05) is 27.7 Å². The Morgan fingerprint density at radius 1 is 1.08 bits per heavy atom. The zero-order valence-electron chi connectivity index (χ0n) is 20.7. The first-order valence-corrected chi connectivity index (χ1v) is 12.3. The highest BCUT2D eigenvalue weighted by Gasteiger charge is 2.54. The third kappa shape index (κ3) is 3.86. The average Bonchev–Trinajstić information content (AvgIpc) is 3.10. The molecule has 9 heteroatoms. The molecule has 0 amide bonds. The van der Waals surface area contributed by atoms with Crippen LogP contribution < -0.4 is 0 Å². The number of aliphatic hydroxyl groups excluding tert-OH is 2. The molecule has 1 aromatic carbocycles. The summed E-state index contributed by atoms with van der Waals surface area (Å²) in [5.74, 6) is -1.17. The van der Waals surface area contributed by atoms with Crippen molar-refractivity contribution in [1.82, 2.24) is 4.98 Å². The lowest BCUT2D eigenvalue weighted by Gasteiger charge is -2.42.